The van der Waals surface area contributed by atoms with E-state index >= 15 is 0 Å². The maximum absolute atomic E-state index is 12.4. The largest absolute Gasteiger partial charge is 0.489 e. The van der Waals surface area contributed by atoms with Gasteiger partial charge in [0.1, 0.15) is 18.0 Å². The monoisotopic (exact) mass is 565 g/mol. The summed E-state index contributed by atoms with van der Waals surface area (Å²) < 4.78 is 35.2. The van der Waals surface area contributed by atoms with Crippen molar-refractivity contribution < 1.29 is 18.3 Å². The minimum atomic E-state index is -3.47. The van der Waals surface area contributed by atoms with Gasteiger partial charge in [0.2, 0.25) is 16.0 Å². The van der Waals surface area contributed by atoms with Crippen LogP contribution in [0.25, 0.3) is 16.7 Å². The van der Waals surface area contributed by atoms with E-state index in [1.54, 1.807) is 38.2 Å². The number of nitrogens with one attached hydrogen (secondary N) is 2. The third-order valence-electron chi connectivity index (χ3n) is 6.84. The van der Waals surface area contributed by atoms with Crippen LogP contribution in [0.3, 0.4) is 0 Å². The Morgan fingerprint density at radius 3 is 2.60 bits per heavy atom. The molecular weight excluding hydrogens is 530 g/mol. The van der Waals surface area contributed by atoms with Gasteiger partial charge in [-0.05, 0) is 57.3 Å². The number of ether oxygens (including phenoxy) is 1. The van der Waals surface area contributed by atoms with E-state index in [1.807, 2.05) is 41.1 Å². The number of fused-ring (bicyclic) bond motifs is 1. The van der Waals surface area contributed by atoms with Crippen molar-refractivity contribution in [1.29, 1.82) is 0 Å². The van der Waals surface area contributed by atoms with Gasteiger partial charge in [0, 0.05) is 61.4 Å². The average Bonchev–Trinajstić information content (AvgIpc) is 3.36. The molecule has 0 bridgehead atoms. The molecular formula is C28H35N7O4S. The molecule has 0 amide bonds. The first kappa shape index (κ1) is 27.7. The van der Waals surface area contributed by atoms with Crippen molar-refractivity contribution >= 4 is 44.1 Å². The molecule has 5 rings (SSSR count). The molecule has 1 fully saturated rings. The highest BCUT2D eigenvalue weighted by Gasteiger charge is 2.19. The van der Waals surface area contributed by atoms with Crippen LogP contribution in [0.1, 0.15) is 13.8 Å². The van der Waals surface area contributed by atoms with Crippen molar-refractivity contribution in [2.45, 2.75) is 19.1 Å². The zero-order valence-electron chi connectivity index (χ0n) is 22.9. The Labute approximate surface area is 234 Å². The fourth-order valence-electron chi connectivity index (χ4n) is 4.49. The third kappa shape index (κ3) is 6.14. The van der Waals surface area contributed by atoms with Gasteiger partial charge in [-0.15, -0.1) is 0 Å². The number of rotatable bonds is 10. The van der Waals surface area contributed by atoms with Crippen molar-refractivity contribution in [3.05, 3.63) is 60.9 Å². The highest BCUT2D eigenvalue weighted by Crippen LogP contribution is 2.33. The van der Waals surface area contributed by atoms with E-state index in [-0.39, 0.29) is 13.2 Å². The minimum absolute atomic E-state index is 0.0727. The summed E-state index contributed by atoms with van der Waals surface area (Å²) in [4.78, 5) is 13.8. The minimum Gasteiger partial charge on any atom is -0.489 e. The second kappa shape index (κ2) is 11.7. The molecule has 0 saturated carbocycles. The first-order valence-corrected chi connectivity index (χ1v) is 14.8. The molecule has 1 saturated heterocycles. The average molecular weight is 566 g/mol. The first-order chi connectivity index (χ1) is 19.2. The van der Waals surface area contributed by atoms with Gasteiger partial charge < -0.3 is 29.5 Å². The van der Waals surface area contributed by atoms with E-state index in [2.05, 4.69) is 31.9 Å². The number of piperazine rings is 1. The maximum atomic E-state index is 12.4. The van der Waals surface area contributed by atoms with Gasteiger partial charge >= 0.3 is 0 Å². The van der Waals surface area contributed by atoms with Crippen LogP contribution in [0, 0.1) is 0 Å². The van der Waals surface area contributed by atoms with E-state index in [0.29, 0.717) is 23.0 Å². The fraction of sp³-hybridized carbons (Fsp3) is 0.357. The molecule has 11 nitrogen and oxygen atoms in total. The van der Waals surface area contributed by atoms with E-state index in [1.165, 1.54) is 0 Å². The second-order valence-corrected chi connectivity index (χ2v) is 12.3. The number of aliphatic hydroxyl groups excluding tert-OH is 1. The van der Waals surface area contributed by atoms with Crippen molar-refractivity contribution in [3.8, 4) is 11.4 Å². The first-order valence-electron chi connectivity index (χ1n) is 13.3. The predicted molar refractivity (Wildman–Crippen MR) is 159 cm³/mol. The SMILES string of the molecule is CC(C)S(=O)(=O)Nc1cccc(-n2ccc3cnc(Nc4ccc(N5CCN(C)CC5)c(OCCO)c4)nc32)c1. The Morgan fingerprint density at radius 2 is 1.85 bits per heavy atom. The standard InChI is InChI=1S/C28H35N7O4S/c1-20(2)40(37,38)32-23-5-4-6-24(17-23)35-10-9-21-19-29-28(31-27(21)35)30-22-7-8-25(26(18-22)39-16-15-36)34-13-11-33(3)12-14-34/h4-10,17-20,32,36H,11-16H2,1-3H3,(H,29,30,31). The Kier molecular flexibility index (Phi) is 8.10. The van der Waals surface area contributed by atoms with Crippen molar-refractivity contribution in [1.82, 2.24) is 19.4 Å². The lowest BCUT2D eigenvalue weighted by molar-refractivity contribution is 0.201. The summed E-state index contributed by atoms with van der Waals surface area (Å²) in [5, 5.41) is 12.9. The predicted octanol–water partition coefficient (Wildman–Crippen LogP) is 3.44. The molecule has 2 aromatic heterocycles. The van der Waals surface area contributed by atoms with E-state index in [9.17, 15) is 13.5 Å². The number of sulfonamides is 1. The smallest absolute Gasteiger partial charge is 0.235 e. The van der Waals surface area contributed by atoms with Crippen LogP contribution in [0.4, 0.5) is 23.0 Å². The van der Waals surface area contributed by atoms with Gasteiger partial charge in [0.15, 0.2) is 0 Å². The van der Waals surface area contributed by atoms with Crippen LogP contribution in [-0.4, -0.2) is 84.6 Å². The van der Waals surface area contributed by atoms with Crippen LogP contribution in [0.5, 0.6) is 5.75 Å². The van der Waals surface area contributed by atoms with Crippen LogP contribution >= 0.6 is 0 Å². The number of hydrogen-bond acceptors (Lipinski definition) is 9. The Morgan fingerprint density at radius 1 is 1.05 bits per heavy atom. The Bertz CT molecular complexity index is 1580. The molecule has 0 atom stereocenters. The molecule has 0 spiro atoms. The zero-order valence-corrected chi connectivity index (χ0v) is 23.7. The summed E-state index contributed by atoms with van der Waals surface area (Å²) in [7, 11) is -1.35. The Balaban J connectivity index is 1.41. The summed E-state index contributed by atoms with van der Waals surface area (Å²) in [6.45, 7) is 7.14. The van der Waals surface area contributed by atoms with Crippen molar-refractivity contribution in [2.24, 2.45) is 0 Å². The third-order valence-corrected chi connectivity index (χ3v) is 8.60. The summed E-state index contributed by atoms with van der Waals surface area (Å²) in [6, 6.07) is 15.0. The molecule has 212 valence electrons. The van der Waals surface area contributed by atoms with Gasteiger partial charge in [-0.2, -0.15) is 4.98 Å². The van der Waals surface area contributed by atoms with E-state index in [4.69, 9.17) is 9.72 Å². The van der Waals surface area contributed by atoms with Gasteiger partial charge in [0.05, 0.1) is 23.2 Å². The highest BCUT2D eigenvalue weighted by atomic mass is 32.2. The lowest BCUT2D eigenvalue weighted by Crippen LogP contribution is -2.44. The van der Waals surface area contributed by atoms with Gasteiger partial charge in [-0.25, -0.2) is 13.4 Å². The fourth-order valence-corrected chi connectivity index (χ4v) is 5.18. The van der Waals surface area contributed by atoms with Crippen LogP contribution < -0.4 is 19.7 Å². The number of aromatic nitrogens is 3. The van der Waals surface area contributed by atoms with E-state index < -0.39 is 15.3 Å². The molecule has 2 aromatic carbocycles. The number of aliphatic hydroxyl groups is 1. The van der Waals surface area contributed by atoms with Gasteiger partial charge in [0.25, 0.3) is 0 Å². The maximum Gasteiger partial charge on any atom is 0.235 e. The number of benzene rings is 2. The van der Waals surface area contributed by atoms with Crippen LogP contribution in [0.2, 0.25) is 0 Å². The zero-order chi connectivity index (χ0) is 28.3. The summed E-state index contributed by atoms with van der Waals surface area (Å²) in [6.07, 6.45) is 3.62. The number of nitrogens with zero attached hydrogens (tertiary/aromatic N) is 5. The van der Waals surface area contributed by atoms with Crippen molar-refractivity contribution in [2.75, 3.05) is 61.4 Å². The van der Waals surface area contributed by atoms with E-state index in [0.717, 1.165) is 48.6 Å². The molecule has 12 heteroatoms. The normalized spacial score (nSPS) is 14.6. The molecule has 0 unspecified atom stereocenters. The summed E-state index contributed by atoms with van der Waals surface area (Å²) in [5.74, 6) is 1.10. The molecule has 3 N–H and O–H groups in total. The molecule has 4 aromatic rings. The lowest BCUT2D eigenvalue weighted by Gasteiger charge is -2.35. The molecule has 3 heterocycles. The Hall–Kier alpha value is -3.87. The molecule has 0 radical (unpaired) electrons. The van der Waals surface area contributed by atoms with Crippen LogP contribution in [-0.2, 0) is 10.0 Å². The lowest BCUT2D eigenvalue weighted by atomic mass is 10.2. The highest BCUT2D eigenvalue weighted by molar-refractivity contribution is 7.93. The molecule has 40 heavy (non-hydrogen) atoms. The number of hydrogen-bond donors (Lipinski definition) is 3. The molecule has 1 aliphatic heterocycles. The second-order valence-electron chi connectivity index (χ2n) is 10.1. The van der Waals surface area contributed by atoms with Crippen molar-refractivity contribution in [3.63, 3.8) is 0 Å². The molecule has 1 aliphatic rings. The van der Waals surface area contributed by atoms with Crippen LogP contribution in [0.15, 0.2) is 60.9 Å². The topological polar surface area (TPSA) is 125 Å². The molecule has 0 aliphatic carbocycles. The number of likely N-dealkylation sites (N-methyl/N-ethyl adjacent to an activating group) is 1. The number of anilines is 4. The van der Waals surface area contributed by atoms with Gasteiger partial charge in [-0.1, -0.05) is 6.07 Å². The van der Waals surface area contributed by atoms with Gasteiger partial charge in [-0.3, -0.25) is 4.72 Å². The summed E-state index contributed by atoms with van der Waals surface area (Å²) >= 11 is 0. The summed E-state index contributed by atoms with van der Waals surface area (Å²) in [5.41, 5.74) is 3.67. The quantitative estimate of drug-likeness (QED) is 0.265.